The summed E-state index contributed by atoms with van der Waals surface area (Å²) in [4.78, 5) is 4.21. The molecule has 0 radical (unpaired) electrons. The lowest BCUT2D eigenvalue weighted by atomic mass is 10.1. The Morgan fingerprint density at radius 3 is 2.55 bits per heavy atom. The number of hydrogen-bond donors (Lipinski definition) is 1. The second kappa shape index (κ2) is 4.30. The molecule has 0 aliphatic carbocycles. The number of aryl methyl sites for hydroxylation is 2. The van der Waals surface area contributed by atoms with Gasteiger partial charge in [-0.25, -0.2) is 13.8 Å². The smallest absolute Gasteiger partial charge is 0.206 e. The van der Waals surface area contributed by atoms with Gasteiger partial charge in [0.05, 0.1) is 11.0 Å². The van der Waals surface area contributed by atoms with Crippen LogP contribution >= 0.6 is 0 Å². The number of imidazole rings is 1. The molecule has 0 saturated heterocycles. The molecule has 0 amide bonds. The SMILES string of the molecule is Cc1ccc(F)c(-n2c(N)nc3c(C)cccc32)c1F. The molecule has 3 rings (SSSR count). The maximum absolute atomic E-state index is 14.3. The fraction of sp³-hybridized carbons (Fsp3) is 0.133. The van der Waals surface area contributed by atoms with E-state index >= 15 is 0 Å². The lowest BCUT2D eigenvalue weighted by Gasteiger charge is -2.10. The number of hydrogen-bond acceptors (Lipinski definition) is 2. The first kappa shape index (κ1) is 12.6. The molecule has 0 atom stereocenters. The van der Waals surface area contributed by atoms with Crippen molar-refractivity contribution in [2.24, 2.45) is 0 Å². The molecule has 0 bridgehead atoms. The Bertz CT molecular complexity index is 822. The van der Waals surface area contributed by atoms with E-state index in [0.717, 1.165) is 5.56 Å². The van der Waals surface area contributed by atoms with Crippen LogP contribution in [0, 0.1) is 25.5 Å². The van der Waals surface area contributed by atoms with E-state index in [2.05, 4.69) is 4.98 Å². The Morgan fingerprint density at radius 2 is 1.80 bits per heavy atom. The third kappa shape index (κ3) is 1.66. The predicted molar refractivity (Wildman–Crippen MR) is 74.9 cm³/mol. The summed E-state index contributed by atoms with van der Waals surface area (Å²) in [6, 6.07) is 8.05. The van der Waals surface area contributed by atoms with E-state index in [9.17, 15) is 8.78 Å². The highest BCUT2D eigenvalue weighted by molar-refractivity contribution is 5.83. The van der Waals surface area contributed by atoms with Gasteiger partial charge in [-0.2, -0.15) is 0 Å². The van der Waals surface area contributed by atoms with Crippen LogP contribution in [0.5, 0.6) is 0 Å². The molecular formula is C15H13F2N3. The topological polar surface area (TPSA) is 43.8 Å². The number of para-hydroxylation sites is 1. The average Bonchev–Trinajstić information content (AvgIpc) is 2.74. The standard InChI is InChI=1S/C15H13F2N3/c1-8-6-7-10(16)14(12(8)17)20-11-5-3-4-9(2)13(11)19-15(20)18/h3-7H,1-2H3,(H2,18,19). The van der Waals surface area contributed by atoms with E-state index in [1.165, 1.54) is 16.7 Å². The molecule has 1 aromatic heterocycles. The van der Waals surface area contributed by atoms with E-state index < -0.39 is 11.6 Å². The summed E-state index contributed by atoms with van der Waals surface area (Å²) in [6.07, 6.45) is 0. The molecule has 3 aromatic rings. The van der Waals surface area contributed by atoms with Crippen LogP contribution in [0.1, 0.15) is 11.1 Å². The highest BCUT2D eigenvalue weighted by Gasteiger charge is 2.19. The van der Waals surface area contributed by atoms with Crippen molar-refractivity contribution >= 4 is 17.0 Å². The first-order chi connectivity index (χ1) is 9.50. The Hall–Kier alpha value is -2.43. The number of fused-ring (bicyclic) bond motifs is 1. The van der Waals surface area contributed by atoms with Crippen molar-refractivity contribution < 1.29 is 8.78 Å². The first-order valence-electron chi connectivity index (χ1n) is 6.19. The number of anilines is 1. The highest BCUT2D eigenvalue weighted by Crippen LogP contribution is 2.29. The molecule has 0 fully saturated rings. The molecular weight excluding hydrogens is 260 g/mol. The summed E-state index contributed by atoms with van der Waals surface area (Å²) in [5, 5.41) is 0. The molecule has 20 heavy (non-hydrogen) atoms. The van der Waals surface area contributed by atoms with Gasteiger partial charge in [0.2, 0.25) is 5.95 Å². The Labute approximate surface area is 114 Å². The number of halogens is 2. The van der Waals surface area contributed by atoms with Crippen LogP contribution < -0.4 is 5.73 Å². The maximum atomic E-state index is 14.3. The van der Waals surface area contributed by atoms with Crippen molar-refractivity contribution in [1.29, 1.82) is 0 Å². The van der Waals surface area contributed by atoms with Crippen molar-refractivity contribution in [2.75, 3.05) is 5.73 Å². The van der Waals surface area contributed by atoms with Crippen LogP contribution in [0.4, 0.5) is 14.7 Å². The minimum Gasteiger partial charge on any atom is -0.369 e. The summed E-state index contributed by atoms with van der Waals surface area (Å²) in [6.45, 7) is 3.46. The third-order valence-corrected chi connectivity index (χ3v) is 3.40. The molecule has 0 spiro atoms. The molecule has 1 heterocycles. The molecule has 0 aliphatic heterocycles. The van der Waals surface area contributed by atoms with Crippen molar-refractivity contribution in [3.8, 4) is 5.69 Å². The largest absolute Gasteiger partial charge is 0.369 e. The van der Waals surface area contributed by atoms with Crippen LogP contribution in [0.15, 0.2) is 30.3 Å². The zero-order valence-electron chi connectivity index (χ0n) is 11.1. The summed E-state index contributed by atoms with van der Waals surface area (Å²) in [7, 11) is 0. The van der Waals surface area contributed by atoms with Crippen LogP contribution in [0.2, 0.25) is 0 Å². The van der Waals surface area contributed by atoms with E-state index in [0.29, 0.717) is 16.6 Å². The molecule has 0 unspecified atom stereocenters. The number of rotatable bonds is 1. The molecule has 3 nitrogen and oxygen atoms in total. The Morgan fingerprint density at radius 1 is 1.05 bits per heavy atom. The normalized spacial score (nSPS) is 11.2. The van der Waals surface area contributed by atoms with Gasteiger partial charge in [-0.1, -0.05) is 18.2 Å². The lowest BCUT2D eigenvalue weighted by molar-refractivity contribution is 0.566. The van der Waals surface area contributed by atoms with Gasteiger partial charge in [-0.15, -0.1) is 0 Å². The Balaban J connectivity index is 2.45. The number of nitrogens with zero attached hydrogens (tertiary/aromatic N) is 2. The maximum Gasteiger partial charge on any atom is 0.206 e. The van der Waals surface area contributed by atoms with Gasteiger partial charge in [0.25, 0.3) is 0 Å². The van der Waals surface area contributed by atoms with Gasteiger partial charge >= 0.3 is 0 Å². The number of nitrogens with two attached hydrogens (primary N) is 1. The van der Waals surface area contributed by atoms with Crippen molar-refractivity contribution in [2.45, 2.75) is 13.8 Å². The van der Waals surface area contributed by atoms with Gasteiger partial charge in [-0.05, 0) is 37.1 Å². The van der Waals surface area contributed by atoms with Crippen LogP contribution in [0.3, 0.4) is 0 Å². The van der Waals surface area contributed by atoms with Crippen LogP contribution in [-0.4, -0.2) is 9.55 Å². The van der Waals surface area contributed by atoms with Crippen LogP contribution in [0.25, 0.3) is 16.7 Å². The van der Waals surface area contributed by atoms with E-state index in [-0.39, 0.29) is 11.6 Å². The summed E-state index contributed by atoms with van der Waals surface area (Å²) in [5.41, 5.74) is 8.17. The monoisotopic (exact) mass is 273 g/mol. The molecule has 5 heteroatoms. The third-order valence-electron chi connectivity index (χ3n) is 3.40. The van der Waals surface area contributed by atoms with E-state index in [4.69, 9.17) is 5.73 Å². The molecule has 2 N–H and O–H groups in total. The Kier molecular flexibility index (Phi) is 2.71. The summed E-state index contributed by atoms with van der Waals surface area (Å²) in [5.74, 6) is -1.23. The number of benzene rings is 2. The van der Waals surface area contributed by atoms with Crippen LogP contribution in [-0.2, 0) is 0 Å². The van der Waals surface area contributed by atoms with Gasteiger partial charge in [-0.3, -0.25) is 4.57 Å². The molecule has 0 aliphatic rings. The van der Waals surface area contributed by atoms with Gasteiger partial charge in [0.1, 0.15) is 11.5 Å². The van der Waals surface area contributed by atoms with Crippen molar-refractivity contribution in [3.63, 3.8) is 0 Å². The van der Waals surface area contributed by atoms with Gasteiger partial charge in [0, 0.05) is 0 Å². The number of nitrogen functional groups attached to an aromatic ring is 1. The van der Waals surface area contributed by atoms with Gasteiger partial charge in [0.15, 0.2) is 5.82 Å². The zero-order chi connectivity index (χ0) is 14.4. The van der Waals surface area contributed by atoms with E-state index in [1.54, 1.807) is 19.1 Å². The minimum absolute atomic E-state index is 0.0673. The highest BCUT2D eigenvalue weighted by atomic mass is 19.1. The van der Waals surface area contributed by atoms with Crippen molar-refractivity contribution in [3.05, 3.63) is 53.1 Å². The lowest BCUT2D eigenvalue weighted by Crippen LogP contribution is -2.06. The van der Waals surface area contributed by atoms with E-state index in [1.807, 2.05) is 13.0 Å². The first-order valence-corrected chi connectivity index (χ1v) is 6.19. The fourth-order valence-corrected chi connectivity index (χ4v) is 2.34. The fourth-order valence-electron chi connectivity index (χ4n) is 2.34. The number of aromatic nitrogens is 2. The molecule has 0 saturated carbocycles. The van der Waals surface area contributed by atoms with Crippen molar-refractivity contribution in [1.82, 2.24) is 9.55 Å². The second-order valence-electron chi connectivity index (χ2n) is 4.77. The quantitative estimate of drug-likeness (QED) is 0.737. The zero-order valence-corrected chi connectivity index (χ0v) is 11.1. The summed E-state index contributed by atoms with van der Waals surface area (Å²) < 4.78 is 29.7. The predicted octanol–water partition coefficient (Wildman–Crippen LogP) is 3.50. The minimum atomic E-state index is -0.666. The second-order valence-corrected chi connectivity index (χ2v) is 4.77. The molecule has 2 aromatic carbocycles. The average molecular weight is 273 g/mol. The molecule has 102 valence electrons. The summed E-state index contributed by atoms with van der Waals surface area (Å²) >= 11 is 0. The van der Waals surface area contributed by atoms with Gasteiger partial charge < -0.3 is 5.73 Å².